The van der Waals surface area contributed by atoms with E-state index in [9.17, 15) is 9.50 Å². The number of aliphatic hydroxyl groups excluding tert-OH is 1. The maximum absolute atomic E-state index is 13.8. The molecule has 1 atom stereocenters. The van der Waals surface area contributed by atoms with Gasteiger partial charge < -0.3 is 10.4 Å². The van der Waals surface area contributed by atoms with Crippen LogP contribution in [-0.4, -0.2) is 24.8 Å². The van der Waals surface area contributed by atoms with Gasteiger partial charge in [-0.05, 0) is 55.6 Å². The summed E-state index contributed by atoms with van der Waals surface area (Å²) in [6, 6.07) is 4.94. The summed E-state index contributed by atoms with van der Waals surface area (Å²) in [7, 11) is 0. The van der Waals surface area contributed by atoms with Gasteiger partial charge in [-0.2, -0.15) is 0 Å². The van der Waals surface area contributed by atoms with Crippen molar-refractivity contribution in [1.29, 1.82) is 0 Å². The maximum atomic E-state index is 13.8. The summed E-state index contributed by atoms with van der Waals surface area (Å²) in [4.78, 5) is 0. The second-order valence-electron chi connectivity index (χ2n) is 4.54. The molecule has 0 aliphatic carbocycles. The summed E-state index contributed by atoms with van der Waals surface area (Å²) in [5, 5.41) is 12.8. The van der Waals surface area contributed by atoms with E-state index in [1.807, 2.05) is 0 Å². The number of rotatable bonds is 3. The first-order chi connectivity index (χ1) is 8.22. The number of hydrogen-bond donors (Lipinski definition) is 2. The minimum Gasteiger partial charge on any atom is -0.396 e. The molecule has 0 spiro atoms. The molecule has 2 rings (SSSR count). The molecule has 1 unspecified atom stereocenters. The van der Waals surface area contributed by atoms with Crippen LogP contribution in [0.2, 0.25) is 0 Å². The minimum absolute atomic E-state index is 0.0119. The highest BCUT2D eigenvalue weighted by atomic mass is 79.9. The summed E-state index contributed by atoms with van der Waals surface area (Å²) in [5.41, 5.74) is 0.633. The van der Waals surface area contributed by atoms with E-state index in [1.165, 1.54) is 6.07 Å². The van der Waals surface area contributed by atoms with Crippen LogP contribution in [0.15, 0.2) is 22.7 Å². The van der Waals surface area contributed by atoms with E-state index in [0.29, 0.717) is 11.5 Å². The van der Waals surface area contributed by atoms with Gasteiger partial charge >= 0.3 is 0 Å². The molecule has 1 aromatic rings. The Morgan fingerprint density at radius 1 is 1.41 bits per heavy atom. The molecular formula is C13H17BrFNO. The molecule has 4 heteroatoms. The van der Waals surface area contributed by atoms with Crippen molar-refractivity contribution in [3.8, 4) is 0 Å². The fourth-order valence-corrected chi connectivity index (χ4v) is 2.93. The van der Waals surface area contributed by atoms with Crippen LogP contribution in [0.1, 0.15) is 24.3 Å². The molecule has 1 aliphatic heterocycles. The van der Waals surface area contributed by atoms with Gasteiger partial charge in [-0.25, -0.2) is 4.39 Å². The van der Waals surface area contributed by atoms with Gasteiger partial charge in [0.2, 0.25) is 0 Å². The molecule has 1 aromatic carbocycles. The Balaban J connectivity index is 2.24. The zero-order valence-electron chi connectivity index (χ0n) is 9.63. The zero-order valence-corrected chi connectivity index (χ0v) is 11.2. The molecule has 1 saturated heterocycles. The largest absolute Gasteiger partial charge is 0.396 e. The van der Waals surface area contributed by atoms with Crippen LogP contribution in [0.3, 0.4) is 0 Å². The van der Waals surface area contributed by atoms with Crippen molar-refractivity contribution in [1.82, 2.24) is 5.32 Å². The SMILES string of the molecule is OCC(c1cc(Br)ccc1F)C1CCNCC1. The number of aliphatic hydroxyl groups is 1. The van der Waals surface area contributed by atoms with Crippen LogP contribution in [0.25, 0.3) is 0 Å². The van der Waals surface area contributed by atoms with Crippen LogP contribution in [-0.2, 0) is 0 Å². The van der Waals surface area contributed by atoms with Gasteiger partial charge in [0.1, 0.15) is 5.82 Å². The molecule has 1 aliphatic rings. The standard InChI is InChI=1S/C13H17BrFNO/c14-10-1-2-13(15)11(7-10)12(8-17)9-3-5-16-6-4-9/h1-2,7,9,12,16-17H,3-6,8H2. The highest BCUT2D eigenvalue weighted by Crippen LogP contribution is 2.33. The van der Waals surface area contributed by atoms with E-state index < -0.39 is 0 Å². The number of halogens is 2. The Morgan fingerprint density at radius 3 is 2.76 bits per heavy atom. The lowest BCUT2D eigenvalue weighted by molar-refractivity contribution is 0.198. The van der Waals surface area contributed by atoms with E-state index >= 15 is 0 Å². The molecule has 2 nitrogen and oxygen atoms in total. The third kappa shape index (κ3) is 3.06. The Kier molecular flexibility index (Phi) is 4.54. The molecule has 0 amide bonds. The predicted molar refractivity (Wildman–Crippen MR) is 69.5 cm³/mol. The van der Waals surface area contributed by atoms with Gasteiger partial charge in [0.25, 0.3) is 0 Å². The third-order valence-electron chi connectivity index (χ3n) is 3.51. The van der Waals surface area contributed by atoms with Gasteiger partial charge in [0.05, 0.1) is 6.61 Å². The summed E-state index contributed by atoms with van der Waals surface area (Å²) in [6.45, 7) is 1.92. The third-order valence-corrected chi connectivity index (χ3v) is 4.00. The Bertz CT molecular complexity index is 380. The number of benzene rings is 1. The van der Waals surface area contributed by atoms with Crippen molar-refractivity contribution in [2.24, 2.45) is 5.92 Å². The number of hydrogen-bond acceptors (Lipinski definition) is 2. The van der Waals surface area contributed by atoms with Crippen molar-refractivity contribution >= 4 is 15.9 Å². The Hall–Kier alpha value is -0.450. The van der Waals surface area contributed by atoms with Crippen molar-refractivity contribution < 1.29 is 9.50 Å². The number of piperidine rings is 1. The van der Waals surface area contributed by atoms with Gasteiger partial charge in [0.15, 0.2) is 0 Å². The van der Waals surface area contributed by atoms with Crippen LogP contribution in [0, 0.1) is 11.7 Å². The number of nitrogens with one attached hydrogen (secondary N) is 1. The molecule has 1 heterocycles. The van der Waals surface area contributed by atoms with Crippen molar-refractivity contribution in [2.45, 2.75) is 18.8 Å². The summed E-state index contributed by atoms with van der Waals surface area (Å²) >= 11 is 3.36. The van der Waals surface area contributed by atoms with Gasteiger partial charge in [-0.1, -0.05) is 15.9 Å². The Morgan fingerprint density at radius 2 is 2.12 bits per heavy atom. The monoisotopic (exact) mass is 301 g/mol. The summed E-state index contributed by atoms with van der Waals surface area (Å²) in [6.07, 6.45) is 1.99. The topological polar surface area (TPSA) is 32.3 Å². The molecule has 1 fully saturated rings. The van der Waals surface area contributed by atoms with Crippen LogP contribution >= 0.6 is 15.9 Å². The molecular weight excluding hydrogens is 285 g/mol. The van der Waals surface area contributed by atoms with E-state index in [1.54, 1.807) is 12.1 Å². The van der Waals surface area contributed by atoms with Crippen molar-refractivity contribution in [3.63, 3.8) is 0 Å². The molecule has 0 bridgehead atoms. The van der Waals surface area contributed by atoms with Gasteiger partial charge in [0, 0.05) is 10.4 Å². The van der Waals surface area contributed by atoms with E-state index in [-0.39, 0.29) is 18.3 Å². The molecule has 17 heavy (non-hydrogen) atoms. The lowest BCUT2D eigenvalue weighted by Gasteiger charge is -2.30. The lowest BCUT2D eigenvalue weighted by Crippen LogP contribution is -2.32. The molecule has 0 saturated carbocycles. The minimum atomic E-state index is -0.217. The first kappa shape index (κ1) is 13.0. The Labute approximate surface area is 109 Å². The highest BCUT2D eigenvalue weighted by Gasteiger charge is 2.26. The second kappa shape index (κ2) is 5.94. The van der Waals surface area contributed by atoms with Crippen molar-refractivity contribution in [3.05, 3.63) is 34.1 Å². The second-order valence-corrected chi connectivity index (χ2v) is 5.46. The molecule has 0 radical (unpaired) electrons. The zero-order chi connectivity index (χ0) is 12.3. The maximum Gasteiger partial charge on any atom is 0.126 e. The average molecular weight is 302 g/mol. The molecule has 2 N–H and O–H groups in total. The van der Waals surface area contributed by atoms with Crippen LogP contribution < -0.4 is 5.32 Å². The first-order valence-corrected chi connectivity index (χ1v) is 6.78. The van der Waals surface area contributed by atoms with E-state index in [2.05, 4.69) is 21.2 Å². The predicted octanol–water partition coefficient (Wildman–Crippen LogP) is 2.66. The summed E-state index contributed by atoms with van der Waals surface area (Å²) in [5.74, 6) is 0.0606. The van der Waals surface area contributed by atoms with E-state index in [0.717, 1.165) is 30.4 Å². The van der Waals surface area contributed by atoms with Crippen LogP contribution in [0.5, 0.6) is 0 Å². The van der Waals surface area contributed by atoms with Crippen LogP contribution in [0.4, 0.5) is 4.39 Å². The van der Waals surface area contributed by atoms with Gasteiger partial charge in [-0.3, -0.25) is 0 Å². The summed E-state index contributed by atoms with van der Waals surface area (Å²) < 4.78 is 14.7. The van der Waals surface area contributed by atoms with E-state index in [4.69, 9.17) is 0 Å². The normalized spacial score (nSPS) is 19.2. The fourth-order valence-electron chi connectivity index (χ4n) is 2.55. The van der Waals surface area contributed by atoms with Crippen molar-refractivity contribution in [2.75, 3.05) is 19.7 Å². The fraction of sp³-hybridized carbons (Fsp3) is 0.538. The lowest BCUT2D eigenvalue weighted by atomic mass is 9.81. The first-order valence-electron chi connectivity index (χ1n) is 5.99. The average Bonchev–Trinajstić information content (AvgIpc) is 2.36. The molecule has 94 valence electrons. The van der Waals surface area contributed by atoms with Gasteiger partial charge in [-0.15, -0.1) is 0 Å². The smallest absolute Gasteiger partial charge is 0.126 e. The highest BCUT2D eigenvalue weighted by molar-refractivity contribution is 9.10. The molecule has 0 aromatic heterocycles. The quantitative estimate of drug-likeness (QED) is 0.900.